The highest BCUT2D eigenvalue weighted by molar-refractivity contribution is 6.55. The van der Waals surface area contributed by atoms with Gasteiger partial charge in [-0.05, 0) is 6.42 Å². The van der Waals surface area contributed by atoms with E-state index >= 15 is 0 Å². The van der Waals surface area contributed by atoms with Crippen LogP contribution in [0.4, 0.5) is 0 Å². The van der Waals surface area contributed by atoms with Crippen molar-refractivity contribution in [3.05, 3.63) is 31.2 Å². The van der Waals surface area contributed by atoms with Crippen molar-refractivity contribution in [1.29, 1.82) is 0 Å². The Hall–Kier alpha value is -1.01. The number of amides is 2. The van der Waals surface area contributed by atoms with Gasteiger partial charge in [-0.15, -0.1) is 0 Å². The summed E-state index contributed by atoms with van der Waals surface area (Å²) in [6.07, 6.45) is -0.0233. The summed E-state index contributed by atoms with van der Waals surface area (Å²) < 4.78 is 0. The molecular weight excluding hydrogens is 364 g/mol. The summed E-state index contributed by atoms with van der Waals surface area (Å²) in [7, 11) is 0. The molecular formula is C12H6Cl4NO4-. The smallest absolute Gasteiger partial charge is 0.263 e. The van der Waals surface area contributed by atoms with E-state index in [1.54, 1.807) is 0 Å². The fourth-order valence-electron chi connectivity index (χ4n) is 2.10. The first kappa shape index (κ1) is 16.4. The van der Waals surface area contributed by atoms with Crippen LogP contribution in [0.15, 0.2) is 0 Å². The van der Waals surface area contributed by atoms with Gasteiger partial charge in [-0.3, -0.25) is 14.5 Å². The maximum atomic E-state index is 12.3. The first-order valence-electron chi connectivity index (χ1n) is 5.68. The third kappa shape index (κ3) is 2.28. The Morgan fingerprint density at radius 1 is 1.00 bits per heavy atom. The van der Waals surface area contributed by atoms with Gasteiger partial charge in [0.05, 0.1) is 43.2 Å². The standard InChI is InChI=1S/C12H7Cl4NO4/c1-2-3(12(20)21)17-10(18)4-5(11(17)19)7(14)9(16)8(15)6(4)13/h3H,2H2,1H3,(H,20,21)/p-1/t3-/m0/s1. The van der Waals surface area contributed by atoms with E-state index in [-0.39, 0.29) is 37.6 Å². The summed E-state index contributed by atoms with van der Waals surface area (Å²) in [5.41, 5.74) is -0.499. The van der Waals surface area contributed by atoms with Crippen LogP contribution in [-0.2, 0) is 4.79 Å². The lowest BCUT2D eigenvalue weighted by atomic mass is 10.1. The Labute approximate surface area is 139 Å². The molecule has 0 radical (unpaired) electrons. The second-order valence-corrected chi connectivity index (χ2v) is 5.74. The number of hydrogen-bond acceptors (Lipinski definition) is 4. The van der Waals surface area contributed by atoms with Crippen molar-refractivity contribution in [2.45, 2.75) is 19.4 Å². The lowest BCUT2D eigenvalue weighted by Crippen LogP contribution is -2.50. The van der Waals surface area contributed by atoms with Gasteiger partial charge in [0.15, 0.2) is 0 Å². The Morgan fingerprint density at radius 2 is 1.38 bits per heavy atom. The quantitative estimate of drug-likeness (QED) is 0.465. The number of hydrogen-bond donors (Lipinski definition) is 0. The van der Waals surface area contributed by atoms with E-state index in [0.717, 1.165) is 0 Å². The molecule has 0 bridgehead atoms. The van der Waals surface area contributed by atoms with E-state index in [2.05, 4.69) is 0 Å². The Morgan fingerprint density at radius 3 is 1.67 bits per heavy atom. The molecule has 0 aliphatic carbocycles. The zero-order valence-electron chi connectivity index (χ0n) is 10.4. The highest BCUT2D eigenvalue weighted by atomic mass is 35.5. The summed E-state index contributed by atoms with van der Waals surface area (Å²) in [4.78, 5) is 36.3. The minimum absolute atomic E-state index is 0.0233. The highest BCUT2D eigenvalue weighted by Crippen LogP contribution is 2.45. The van der Waals surface area contributed by atoms with Gasteiger partial charge in [0.1, 0.15) is 0 Å². The van der Waals surface area contributed by atoms with Gasteiger partial charge in [-0.1, -0.05) is 53.3 Å². The number of nitrogens with zero attached hydrogens (tertiary/aromatic N) is 1. The molecule has 0 N–H and O–H groups in total. The largest absolute Gasteiger partial charge is 0.548 e. The molecule has 0 spiro atoms. The van der Waals surface area contributed by atoms with Gasteiger partial charge < -0.3 is 9.90 Å². The van der Waals surface area contributed by atoms with Crippen LogP contribution in [0.5, 0.6) is 0 Å². The minimum atomic E-state index is -1.56. The molecule has 0 unspecified atom stereocenters. The maximum Gasteiger partial charge on any atom is 0.263 e. The molecule has 2 amide bonds. The maximum absolute atomic E-state index is 12.3. The minimum Gasteiger partial charge on any atom is -0.548 e. The normalized spacial score (nSPS) is 15.4. The fourth-order valence-corrected chi connectivity index (χ4v) is 3.12. The molecule has 5 nitrogen and oxygen atoms in total. The van der Waals surface area contributed by atoms with Crippen LogP contribution in [0.1, 0.15) is 34.1 Å². The van der Waals surface area contributed by atoms with Crippen LogP contribution in [-0.4, -0.2) is 28.7 Å². The zero-order chi connectivity index (χ0) is 16.1. The van der Waals surface area contributed by atoms with Gasteiger partial charge in [0, 0.05) is 0 Å². The van der Waals surface area contributed by atoms with Crippen LogP contribution in [0.3, 0.4) is 0 Å². The first-order chi connectivity index (χ1) is 9.73. The predicted molar refractivity (Wildman–Crippen MR) is 76.1 cm³/mol. The topological polar surface area (TPSA) is 77.5 Å². The molecule has 1 aromatic carbocycles. The Bertz CT molecular complexity index is 642. The molecule has 0 saturated heterocycles. The molecule has 1 heterocycles. The molecule has 1 atom stereocenters. The number of carbonyl (C=O) groups is 3. The monoisotopic (exact) mass is 368 g/mol. The predicted octanol–water partition coefficient (Wildman–Crippen LogP) is 2.42. The molecule has 0 aromatic heterocycles. The van der Waals surface area contributed by atoms with Crippen molar-refractivity contribution in [1.82, 2.24) is 4.90 Å². The number of aliphatic carboxylic acids is 1. The molecule has 1 aliphatic rings. The molecule has 2 rings (SSSR count). The van der Waals surface area contributed by atoms with Gasteiger partial charge in [-0.25, -0.2) is 0 Å². The van der Waals surface area contributed by atoms with Crippen molar-refractivity contribution >= 4 is 64.2 Å². The number of halogens is 4. The van der Waals surface area contributed by atoms with Crippen LogP contribution in [0.2, 0.25) is 20.1 Å². The number of benzene rings is 1. The summed E-state index contributed by atoms with van der Waals surface area (Å²) in [6.45, 7) is 1.49. The molecule has 1 aliphatic heterocycles. The lowest BCUT2D eigenvalue weighted by Gasteiger charge is -2.25. The number of fused-ring (bicyclic) bond motifs is 1. The summed E-state index contributed by atoms with van der Waals surface area (Å²) in [5, 5.41) is 10.3. The number of carboxylic acids is 1. The summed E-state index contributed by atoms with van der Waals surface area (Å²) in [6, 6.07) is -1.43. The number of carbonyl (C=O) groups excluding carboxylic acids is 3. The third-order valence-corrected chi connectivity index (χ3v) is 4.90. The van der Waals surface area contributed by atoms with Crippen molar-refractivity contribution in [2.24, 2.45) is 0 Å². The average Bonchev–Trinajstić information content (AvgIpc) is 2.68. The second-order valence-electron chi connectivity index (χ2n) is 4.23. The third-order valence-electron chi connectivity index (χ3n) is 3.10. The van der Waals surface area contributed by atoms with Crippen molar-refractivity contribution in [3.63, 3.8) is 0 Å². The Kier molecular flexibility index (Phi) is 4.40. The van der Waals surface area contributed by atoms with Crippen molar-refractivity contribution < 1.29 is 19.5 Å². The van der Waals surface area contributed by atoms with Crippen LogP contribution in [0.25, 0.3) is 0 Å². The van der Waals surface area contributed by atoms with E-state index in [9.17, 15) is 19.5 Å². The van der Waals surface area contributed by atoms with Gasteiger partial charge >= 0.3 is 0 Å². The van der Waals surface area contributed by atoms with Crippen LogP contribution in [0, 0.1) is 0 Å². The highest BCUT2D eigenvalue weighted by Gasteiger charge is 2.44. The number of rotatable bonds is 3. The van der Waals surface area contributed by atoms with E-state index in [1.807, 2.05) is 0 Å². The van der Waals surface area contributed by atoms with E-state index in [0.29, 0.717) is 4.90 Å². The van der Waals surface area contributed by atoms with Gasteiger partial charge in [0.25, 0.3) is 11.8 Å². The second kappa shape index (κ2) is 5.65. The van der Waals surface area contributed by atoms with Crippen molar-refractivity contribution in [2.75, 3.05) is 0 Å². The van der Waals surface area contributed by atoms with Gasteiger partial charge in [-0.2, -0.15) is 0 Å². The number of carboxylic acid groups (broad SMARTS) is 1. The molecule has 0 fully saturated rings. The summed E-state index contributed by atoms with van der Waals surface area (Å²) in [5.74, 6) is -3.34. The average molecular weight is 370 g/mol. The fraction of sp³-hybridized carbons (Fsp3) is 0.250. The Balaban J connectivity index is 2.71. The van der Waals surface area contributed by atoms with E-state index < -0.39 is 23.8 Å². The first-order valence-corrected chi connectivity index (χ1v) is 7.19. The molecule has 112 valence electrons. The molecule has 0 saturated carbocycles. The lowest BCUT2D eigenvalue weighted by molar-refractivity contribution is -0.310. The van der Waals surface area contributed by atoms with Crippen LogP contribution < -0.4 is 5.11 Å². The zero-order valence-corrected chi connectivity index (χ0v) is 13.4. The van der Waals surface area contributed by atoms with E-state index in [1.165, 1.54) is 6.92 Å². The van der Waals surface area contributed by atoms with Crippen LogP contribution >= 0.6 is 46.4 Å². The SMILES string of the molecule is CC[C@@H](C(=O)[O-])N1C(=O)c2c(Cl)c(Cl)c(Cl)c(Cl)c2C1=O. The molecule has 9 heteroatoms. The van der Waals surface area contributed by atoms with Gasteiger partial charge in [0.2, 0.25) is 0 Å². The molecule has 1 aromatic rings. The molecule has 21 heavy (non-hydrogen) atoms. The summed E-state index contributed by atoms with van der Waals surface area (Å²) >= 11 is 23.6. The van der Waals surface area contributed by atoms with E-state index in [4.69, 9.17) is 46.4 Å². The van der Waals surface area contributed by atoms with Crippen molar-refractivity contribution in [3.8, 4) is 0 Å². The number of imide groups is 1.